The molecule has 0 bridgehead atoms. The number of hydrogen-bond acceptors (Lipinski definition) is 4. The maximum Gasteiger partial charge on any atom is 0.245 e. The van der Waals surface area contributed by atoms with Crippen molar-refractivity contribution < 1.29 is 17.6 Å². The average molecular weight is 298 g/mol. The molecule has 1 unspecified atom stereocenters. The van der Waals surface area contributed by atoms with Gasteiger partial charge in [-0.3, -0.25) is 0 Å². The summed E-state index contributed by atoms with van der Waals surface area (Å²) in [6.07, 6.45) is 2.73. The van der Waals surface area contributed by atoms with Gasteiger partial charge in [0.05, 0.1) is 4.90 Å². The first-order valence-corrected chi connectivity index (χ1v) is 7.76. The minimum atomic E-state index is -3.79. The zero-order valence-corrected chi connectivity index (χ0v) is 11.9. The van der Waals surface area contributed by atoms with E-state index in [1.54, 1.807) is 0 Å². The molecule has 0 radical (unpaired) electrons. The van der Waals surface area contributed by atoms with Crippen LogP contribution in [0.1, 0.15) is 24.8 Å². The van der Waals surface area contributed by atoms with E-state index in [0.717, 1.165) is 12.5 Å². The fraction of sp³-hybridized carbons (Fsp3) is 0.462. The highest BCUT2D eigenvalue weighted by Crippen LogP contribution is 2.27. The number of piperidine rings is 1. The van der Waals surface area contributed by atoms with Crippen LogP contribution in [0.3, 0.4) is 0 Å². The molecular formula is C13H15FN2O3S. The highest BCUT2D eigenvalue weighted by atomic mass is 32.2. The number of rotatable bonds is 3. The molecule has 1 fully saturated rings. The molecule has 5 nitrogen and oxygen atoms in total. The summed E-state index contributed by atoms with van der Waals surface area (Å²) in [7, 11) is -3.79. The lowest BCUT2D eigenvalue weighted by Gasteiger charge is -2.31. The lowest BCUT2D eigenvalue weighted by atomic mass is 10.1. The van der Waals surface area contributed by atoms with Gasteiger partial charge in [-0.1, -0.05) is 0 Å². The second-order valence-corrected chi connectivity index (χ2v) is 6.58. The molecule has 0 aliphatic carbocycles. The van der Waals surface area contributed by atoms with Crippen LogP contribution in [0.2, 0.25) is 0 Å². The van der Waals surface area contributed by atoms with Crippen LogP contribution in [-0.4, -0.2) is 31.5 Å². The standard InChI is InChI=1S/C13H15FN2O3S/c1-10-8-11(14)5-6-12(10)20(18,19)16-7-3-2-4-13(16)15-9-17/h5-6,8,13H,2-4,7H2,1H3. The number of isocyanates is 1. The van der Waals surface area contributed by atoms with Gasteiger partial charge in [-0.05, 0) is 49.9 Å². The van der Waals surface area contributed by atoms with Crippen LogP contribution in [-0.2, 0) is 14.8 Å². The Morgan fingerprint density at radius 3 is 2.80 bits per heavy atom. The van der Waals surface area contributed by atoms with Crippen molar-refractivity contribution in [3.63, 3.8) is 0 Å². The van der Waals surface area contributed by atoms with Crippen molar-refractivity contribution in [2.24, 2.45) is 4.99 Å². The number of carbonyl (C=O) groups excluding carboxylic acids is 1. The van der Waals surface area contributed by atoms with Gasteiger partial charge in [0, 0.05) is 6.54 Å². The number of sulfonamides is 1. The molecule has 108 valence electrons. The van der Waals surface area contributed by atoms with E-state index in [1.807, 2.05) is 0 Å². The van der Waals surface area contributed by atoms with Crippen molar-refractivity contribution in [3.8, 4) is 0 Å². The van der Waals surface area contributed by atoms with E-state index in [9.17, 15) is 17.6 Å². The number of benzene rings is 1. The molecular weight excluding hydrogens is 283 g/mol. The predicted octanol–water partition coefficient (Wildman–Crippen LogP) is 1.97. The third kappa shape index (κ3) is 2.80. The van der Waals surface area contributed by atoms with Crippen molar-refractivity contribution in [2.75, 3.05) is 6.54 Å². The third-order valence-electron chi connectivity index (χ3n) is 3.35. The van der Waals surface area contributed by atoms with Crippen LogP contribution in [0, 0.1) is 12.7 Å². The van der Waals surface area contributed by atoms with Crippen molar-refractivity contribution in [1.82, 2.24) is 4.31 Å². The van der Waals surface area contributed by atoms with Crippen LogP contribution in [0.5, 0.6) is 0 Å². The first kappa shape index (κ1) is 14.8. The number of hydrogen-bond donors (Lipinski definition) is 0. The summed E-state index contributed by atoms with van der Waals surface area (Å²) in [6.45, 7) is 1.84. The van der Waals surface area contributed by atoms with Gasteiger partial charge < -0.3 is 0 Å². The fourth-order valence-electron chi connectivity index (χ4n) is 2.39. The predicted molar refractivity (Wildman–Crippen MR) is 70.8 cm³/mol. The third-order valence-corrected chi connectivity index (χ3v) is 5.41. The van der Waals surface area contributed by atoms with Gasteiger partial charge in [-0.25, -0.2) is 17.6 Å². The number of halogens is 1. The quantitative estimate of drug-likeness (QED) is 0.633. The number of aryl methyl sites for hydroxylation is 1. The minimum Gasteiger partial charge on any atom is -0.211 e. The van der Waals surface area contributed by atoms with Crippen molar-refractivity contribution in [1.29, 1.82) is 0 Å². The SMILES string of the molecule is Cc1cc(F)ccc1S(=O)(=O)N1CCCCC1N=C=O. The Balaban J connectivity index is 2.44. The Kier molecular flexibility index (Phi) is 4.32. The molecule has 2 rings (SSSR count). The second kappa shape index (κ2) is 5.83. The molecule has 1 heterocycles. The van der Waals surface area contributed by atoms with Gasteiger partial charge >= 0.3 is 0 Å². The molecule has 1 aliphatic heterocycles. The van der Waals surface area contributed by atoms with Gasteiger partial charge in [0.15, 0.2) is 0 Å². The lowest BCUT2D eigenvalue weighted by Crippen LogP contribution is -2.42. The molecule has 0 N–H and O–H groups in total. The van der Waals surface area contributed by atoms with E-state index in [0.29, 0.717) is 24.9 Å². The van der Waals surface area contributed by atoms with Gasteiger partial charge in [0.25, 0.3) is 0 Å². The highest BCUT2D eigenvalue weighted by molar-refractivity contribution is 7.89. The van der Waals surface area contributed by atoms with E-state index in [2.05, 4.69) is 4.99 Å². The molecule has 20 heavy (non-hydrogen) atoms. The smallest absolute Gasteiger partial charge is 0.211 e. The maximum absolute atomic E-state index is 13.1. The molecule has 0 saturated carbocycles. The van der Waals surface area contributed by atoms with E-state index in [4.69, 9.17) is 0 Å². The minimum absolute atomic E-state index is 0.0481. The molecule has 1 atom stereocenters. The summed E-state index contributed by atoms with van der Waals surface area (Å²) >= 11 is 0. The summed E-state index contributed by atoms with van der Waals surface area (Å²) < 4.78 is 39.5. The van der Waals surface area contributed by atoms with Crippen LogP contribution >= 0.6 is 0 Å². The largest absolute Gasteiger partial charge is 0.245 e. The van der Waals surface area contributed by atoms with Gasteiger partial charge in [-0.15, -0.1) is 0 Å². The van der Waals surface area contributed by atoms with E-state index >= 15 is 0 Å². The van der Waals surface area contributed by atoms with E-state index in [1.165, 1.54) is 29.4 Å². The zero-order chi connectivity index (χ0) is 14.8. The zero-order valence-electron chi connectivity index (χ0n) is 11.0. The Morgan fingerprint density at radius 1 is 1.40 bits per heavy atom. The number of aliphatic imine (C=N–C) groups is 1. The van der Waals surface area contributed by atoms with Crippen molar-refractivity contribution in [2.45, 2.75) is 37.2 Å². The molecule has 1 saturated heterocycles. The maximum atomic E-state index is 13.1. The van der Waals surface area contributed by atoms with Crippen molar-refractivity contribution in [3.05, 3.63) is 29.6 Å². The first-order valence-electron chi connectivity index (χ1n) is 6.32. The Bertz CT molecular complexity index is 654. The molecule has 1 aromatic rings. The molecule has 7 heteroatoms. The summed E-state index contributed by atoms with van der Waals surface area (Å²) in [6, 6.07) is 3.53. The van der Waals surface area contributed by atoms with Crippen LogP contribution in [0.4, 0.5) is 4.39 Å². The number of nitrogens with zero attached hydrogens (tertiary/aromatic N) is 2. The average Bonchev–Trinajstić information content (AvgIpc) is 2.39. The fourth-order valence-corrected chi connectivity index (χ4v) is 4.19. The monoisotopic (exact) mass is 298 g/mol. The summed E-state index contributed by atoms with van der Waals surface area (Å²) in [5.74, 6) is -0.484. The van der Waals surface area contributed by atoms with Gasteiger partial charge in [0.1, 0.15) is 12.0 Å². The van der Waals surface area contributed by atoms with Crippen molar-refractivity contribution >= 4 is 16.1 Å². The summed E-state index contributed by atoms with van der Waals surface area (Å²) in [5, 5.41) is 0. The van der Waals surface area contributed by atoms with Crippen LogP contribution in [0.25, 0.3) is 0 Å². The lowest BCUT2D eigenvalue weighted by molar-refractivity contribution is 0.259. The molecule has 0 spiro atoms. The molecule has 1 aromatic carbocycles. The van der Waals surface area contributed by atoms with E-state index in [-0.39, 0.29) is 4.90 Å². The Morgan fingerprint density at radius 2 is 2.15 bits per heavy atom. The van der Waals surface area contributed by atoms with Gasteiger partial charge in [-0.2, -0.15) is 9.30 Å². The molecule has 1 aliphatic rings. The summed E-state index contributed by atoms with van der Waals surface area (Å²) in [5.41, 5.74) is 0.337. The Labute approximate surface area is 117 Å². The van der Waals surface area contributed by atoms with Crippen LogP contribution in [0.15, 0.2) is 28.1 Å². The van der Waals surface area contributed by atoms with Crippen LogP contribution < -0.4 is 0 Å². The first-order chi connectivity index (χ1) is 9.46. The van der Waals surface area contributed by atoms with Gasteiger partial charge in [0.2, 0.25) is 16.1 Å². The topological polar surface area (TPSA) is 66.8 Å². The van der Waals surface area contributed by atoms with E-state index < -0.39 is 22.0 Å². The second-order valence-electron chi connectivity index (χ2n) is 4.72. The molecule has 0 aromatic heterocycles. The summed E-state index contributed by atoms with van der Waals surface area (Å²) in [4.78, 5) is 14.1. The highest BCUT2D eigenvalue weighted by Gasteiger charge is 2.34. The normalized spacial score (nSPS) is 20.4. The Hall–Kier alpha value is -1.56. The molecule has 0 amide bonds.